The van der Waals surface area contributed by atoms with E-state index in [1.165, 1.54) is 19.2 Å². The van der Waals surface area contributed by atoms with Gasteiger partial charge < -0.3 is 9.80 Å². The van der Waals surface area contributed by atoms with Crippen molar-refractivity contribution in [2.24, 2.45) is 0 Å². The van der Waals surface area contributed by atoms with Crippen LogP contribution in [0.2, 0.25) is 0 Å². The lowest BCUT2D eigenvalue weighted by Gasteiger charge is -2.44. The van der Waals surface area contributed by atoms with Gasteiger partial charge in [-0.25, -0.2) is 36.5 Å². The summed E-state index contributed by atoms with van der Waals surface area (Å²) in [6.07, 6.45) is -1.93. The number of anilines is 1. The van der Waals surface area contributed by atoms with Crippen LogP contribution in [0.5, 0.6) is 0 Å². The third-order valence-corrected chi connectivity index (χ3v) is 8.74. The molecule has 1 aliphatic rings. The quantitative estimate of drug-likeness (QED) is 0.227. The van der Waals surface area contributed by atoms with E-state index in [0.29, 0.717) is 12.1 Å². The molecule has 242 valence electrons. The summed E-state index contributed by atoms with van der Waals surface area (Å²) in [5, 5.41) is -0.755. The molecule has 5 rings (SSSR count). The second-order valence-electron chi connectivity index (χ2n) is 11.0. The molecule has 10 nitrogen and oxygen atoms in total. The van der Waals surface area contributed by atoms with E-state index in [1.807, 2.05) is 0 Å². The molecular formula is C30H27F5N6O4S. The van der Waals surface area contributed by atoms with E-state index in [9.17, 15) is 31.2 Å². The van der Waals surface area contributed by atoms with Gasteiger partial charge >= 0.3 is 11.9 Å². The van der Waals surface area contributed by atoms with E-state index in [-0.39, 0.29) is 41.5 Å². The normalized spacial score (nSPS) is 17.4. The highest BCUT2D eigenvalue weighted by atomic mass is 32.2. The Labute approximate surface area is 259 Å². The van der Waals surface area contributed by atoms with E-state index >= 15 is 8.78 Å². The average molecular weight is 663 g/mol. The number of carbonyl (C=O) groups excluding carboxylic acids is 1. The first-order valence-corrected chi connectivity index (χ1v) is 15.7. The Kier molecular flexibility index (Phi) is 8.21. The fourth-order valence-electron chi connectivity index (χ4n) is 5.62. The molecule has 0 unspecified atom stereocenters. The fraction of sp³-hybridized carbons (Fsp3) is 0.300. The Bertz CT molecular complexity index is 2080. The number of amides is 1. The Morgan fingerprint density at radius 3 is 2.39 bits per heavy atom. The highest BCUT2D eigenvalue weighted by Gasteiger charge is 2.38. The van der Waals surface area contributed by atoms with Gasteiger partial charge in [-0.05, 0) is 56.7 Å². The molecule has 0 saturated carbocycles. The number of alkyl halides is 3. The van der Waals surface area contributed by atoms with Gasteiger partial charge in [0, 0.05) is 37.6 Å². The summed E-state index contributed by atoms with van der Waals surface area (Å²) < 4.78 is 99.4. The van der Waals surface area contributed by atoms with Gasteiger partial charge in [0.1, 0.15) is 17.3 Å². The first kappa shape index (κ1) is 32.7. The number of pyridine rings is 2. The number of carbonyl (C=O) groups is 1. The predicted molar refractivity (Wildman–Crippen MR) is 159 cm³/mol. The van der Waals surface area contributed by atoms with E-state index in [0.717, 1.165) is 29.0 Å². The molecule has 3 aromatic heterocycles. The van der Waals surface area contributed by atoms with Gasteiger partial charge in [0.2, 0.25) is 5.91 Å². The molecule has 2 atom stereocenters. The largest absolute Gasteiger partial charge is 0.417 e. The van der Waals surface area contributed by atoms with Crippen molar-refractivity contribution in [3.05, 3.63) is 82.4 Å². The second kappa shape index (κ2) is 11.6. The molecule has 0 N–H and O–H groups in total. The van der Waals surface area contributed by atoms with Crippen LogP contribution in [0.3, 0.4) is 0 Å². The van der Waals surface area contributed by atoms with Crippen molar-refractivity contribution in [2.75, 3.05) is 24.2 Å². The number of aromatic nitrogens is 4. The number of benzene rings is 1. The van der Waals surface area contributed by atoms with Crippen LogP contribution in [-0.4, -0.2) is 70.2 Å². The minimum Gasteiger partial charge on any atom is -0.349 e. The summed E-state index contributed by atoms with van der Waals surface area (Å²) in [4.78, 5) is 41.7. The maximum absolute atomic E-state index is 16.0. The standard InChI is InChI=1S/C30H27F5N6O4S/c1-6-22(42)39-13-17(4)40(14-16(39)3)26-18-12-21(32)24(23-19(30(33,34)35)8-7-9-20(23)31)37-27(18)41(29(43)38-26)25-15(2)10-11-36-28(25)46(5,44)45/h6-12,16-17H,1,13-14H2,2-5H3/t16-,17+/m1/s1. The van der Waals surface area contributed by atoms with Crippen molar-refractivity contribution in [1.82, 2.24) is 24.4 Å². The molecule has 0 radical (unpaired) electrons. The molecule has 1 aliphatic heterocycles. The number of piperazine rings is 1. The monoisotopic (exact) mass is 662 g/mol. The van der Waals surface area contributed by atoms with E-state index < -0.39 is 72.9 Å². The maximum atomic E-state index is 16.0. The topological polar surface area (TPSA) is 118 Å². The number of rotatable bonds is 5. The van der Waals surface area contributed by atoms with Crippen LogP contribution < -0.4 is 10.6 Å². The summed E-state index contributed by atoms with van der Waals surface area (Å²) in [5.74, 6) is -3.24. The number of nitrogens with zero attached hydrogens (tertiary/aromatic N) is 6. The molecule has 16 heteroatoms. The average Bonchev–Trinajstić information content (AvgIpc) is 2.96. The minimum absolute atomic E-state index is 0.0989. The maximum Gasteiger partial charge on any atom is 0.417 e. The zero-order valence-electron chi connectivity index (χ0n) is 24.9. The third kappa shape index (κ3) is 5.61. The fourth-order valence-corrected chi connectivity index (χ4v) is 6.47. The number of sulfone groups is 1. The van der Waals surface area contributed by atoms with Crippen molar-refractivity contribution < 1.29 is 35.2 Å². The van der Waals surface area contributed by atoms with Gasteiger partial charge in [0.15, 0.2) is 26.3 Å². The van der Waals surface area contributed by atoms with Crippen LogP contribution in [0.15, 0.2) is 59.0 Å². The molecule has 0 spiro atoms. The number of halogens is 5. The number of hydrogen-bond donors (Lipinski definition) is 0. The molecule has 46 heavy (non-hydrogen) atoms. The molecule has 4 heterocycles. The smallest absolute Gasteiger partial charge is 0.349 e. The van der Waals surface area contributed by atoms with Gasteiger partial charge in [0.25, 0.3) is 0 Å². The van der Waals surface area contributed by atoms with Crippen molar-refractivity contribution in [1.29, 1.82) is 0 Å². The van der Waals surface area contributed by atoms with Gasteiger partial charge in [-0.15, -0.1) is 0 Å². The lowest BCUT2D eigenvalue weighted by atomic mass is 10.0. The van der Waals surface area contributed by atoms with Crippen LogP contribution in [0, 0.1) is 18.6 Å². The highest BCUT2D eigenvalue weighted by molar-refractivity contribution is 7.90. The Morgan fingerprint density at radius 1 is 1.07 bits per heavy atom. The zero-order chi connectivity index (χ0) is 33.9. The third-order valence-electron chi connectivity index (χ3n) is 7.74. The molecule has 1 amide bonds. The van der Waals surface area contributed by atoms with Crippen molar-refractivity contribution in [3.63, 3.8) is 0 Å². The van der Waals surface area contributed by atoms with Crippen LogP contribution in [0.25, 0.3) is 28.0 Å². The number of aryl methyl sites for hydroxylation is 1. The summed E-state index contributed by atoms with van der Waals surface area (Å²) in [6.45, 7) is 8.66. The van der Waals surface area contributed by atoms with Gasteiger partial charge in [0.05, 0.1) is 22.2 Å². The minimum atomic E-state index is -5.11. The van der Waals surface area contributed by atoms with Crippen LogP contribution in [0.1, 0.15) is 25.0 Å². The lowest BCUT2D eigenvalue weighted by molar-refractivity contribution is -0.137. The first-order chi connectivity index (χ1) is 21.4. The van der Waals surface area contributed by atoms with E-state index in [4.69, 9.17) is 0 Å². The van der Waals surface area contributed by atoms with Crippen LogP contribution in [-0.2, 0) is 20.8 Å². The zero-order valence-corrected chi connectivity index (χ0v) is 25.7. The lowest BCUT2D eigenvalue weighted by Crippen LogP contribution is -2.58. The van der Waals surface area contributed by atoms with E-state index in [2.05, 4.69) is 21.5 Å². The summed E-state index contributed by atoms with van der Waals surface area (Å²) in [6, 6.07) is 3.31. The summed E-state index contributed by atoms with van der Waals surface area (Å²) in [7, 11) is -4.12. The van der Waals surface area contributed by atoms with Crippen molar-refractivity contribution in [2.45, 2.75) is 44.1 Å². The summed E-state index contributed by atoms with van der Waals surface area (Å²) in [5.41, 5.74) is -5.49. The van der Waals surface area contributed by atoms with Gasteiger partial charge in [-0.2, -0.15) is 18.2 Å². The Morgan fingerprint density at radius 2 is 1.76 bits per heavy atom. The molecule has 0 bridgehead atoms. The second-order valence-corrected chi connectivity index (χ2v) is 12.9. The van der Waals surface area contributed by atoms with Crippen molar-refractivity contribution >= 4 is 32.6 Å². The highest BCUT2D eigenvalue weighted by Crippen LogP contribution is 2.40. The number of hydrogen-bond acceptors (Lipinski definition) is 8. The van der Waals surface area contributed by atoms with Crippen molar-refractivity contribution in [3.8, 4) is 16.9 Å². The first-order valence-electron chi connectivity index (χ1n) is 13.8. The molecular weight excluding hydrogens is 635 g/mol. The molecule has 1 aromatic carbocycles. The Balaban J connectivity index is 1.90. The molecule has 0 aliphatic carbocycles. The predicted octanol–water partition coefficient (Wildman–Crippen LogP) is 4.46. The molecule has 1 saturated heterocycles. The summed E-state index contributed by atoms with van der Waals surface area (Å²) >= 11 is 0. The Hall–Kier alpha value is -4.73. The van der Waals surface area contributed by atoms with Crippen LogP contribution in [0.4, 0.5) is 27.8 Å². The SMILES string of the molecule is C=CC(=O)N1C[C@H](C)N(c2nc(=O)n(-c3c(C)ccnc3S(C)(=O)=O)c3nc(-c4c(F)cccc4C(F)(F)F)c(F)cc23)C[C@H]1C. The molecule has 4 aromatic rings. The molecule has 1 fully saturated rings. The number of fused-ring (bicyclic) bond motifs is 1. The van der Waals surface area contributed by atoms with Gasteiger partial charge in [-0.1, -0.05) is 12.6 Å². The van der Waals surface area contributed by atoms with Crippen LogP contribution >= 0.6 is 0 Å². The van der Waals surface area contributed by atoms with E-state index in [1.54, 1.807) is 23.6 Å². The van der Waals surface area contributed by atoms with Gasteiger partial charge in [-0.3, -0.25) is 4.79 Å².